The van der Waals surface area contributed by atoms with Crippen molar-refractivity contribution in [1.82, 2.24) is 15.0 Å². The fourth-order valence-electron chi connectivity index (χ4n) is 1.95. The summed E-state index contributed by atoms with van der Waals surface area (Å²) in [5, 5.41) is 4.72. The molecule has 5 heteroatoms. The fourth-order valence-corrected chi connectivity index (χ4v) is 2.17. The molecule has 2 heterocycles. The third-order valence-electron chi connectivity index (χ3n) is 2.72. The van der Waals surface area contributed by atoms with Gasteiger partial charge in [-0.1, -0.05) is 17.7 Å². The van der Waals surface area contributed by atoms with Gasteiger partial charge in [0.15, 0.2) is 0 Å². The molecule has 0 amide bonds. The van der Waals surface area contributed by atoms with Gasteiger partial charge in [0.1, 0.15) is 16.8 Å². The van der Waals surface area contributed by atoms with Crippen molar-refractivity contribution in [2.75, 3.05) is 5.32 Å². The molecular formula is C14H11ClN4. The van der Waals surface area contributed by atoms with Crippen LogP contribution in [0.4, 0.5) is 11.5 Å². The normalized spacial score (nSPS) is 10.6. The summed E-state index contributed by atoms with van der Waals surface area (Å²) in [6.07, 6.45) is 1.78. The number of hydrogen-bond donors (Lipinski definition) is 1. The zero-order valence-electron chi connectivity index (χ0n) is 10.3. The van der Waals surface area contributed by atoms with Gasteiger partial charge in [0.05, 0.1) is 5.52 Å². The van der Waals surface area contributed by atoms with E-state index in [4.69, 9.17) is 11.6 Å². The number of aromatic nitrogens is 3. The Morgan fingerprint density at radius 1 is 1.11 bits per heavy atom. The van der Waals surface area contributed by atoms with Crippen LogP contribution in [0.25, 0.3) is 10.9 Å². The summed E-state index contributed by atoms with van der Waals surface area (Å²) >= 11 is 5.93. The highest BCUT2D eigenvalue weighted by Gasteiger charge is 2.04. The molecule has 0 unspecified atom stereocenters. The number of nitrogens with one attached hydrogen (secondary N) is 1. The van der Waals surface area contributed by atoms with Crippen LogP contribution in [0.5, 0.6) is 0 Å². The number of halogens is 1. The van der Waals surface area contributed by atoms with E-state index in [0.717, 1.165) is 16.6 Å². The molecule has 1 N–H and O–H groups in total. The van der Waals surface area contributed by atoms with Crippen molar-refractivity contribution in [2.24, 2.45) is 0 Å². The van der Waals surface area contributed by atoms with Crippen LogP contribution in [-0.2, 0) is 0 Å². The van der Waals surface area contributed by atoms with Crippen LogP contribution in [0.1, 0.15) is 5.82 Å². The maximum atomic E-state index is 5.93. The summed E-state index contributed by atoms with van der Waals surface area (Å²) in [5.74, 6) is 1.31. The predicted octanol–water partition coefficient (Wildman–Crippen LogP) is 3.73. The van der Waals surface area contributed by atoms with E-state index in [1.54, 1.807) is 12.3 Å². The second-order valence-electron chi connectivity index (χ2n) is 4.12. The number of anilines is 2. The lowest BCUT2D eigenvalue weighted by Crippen LogP contribution is -1.98. The van der Waals surface area contributed by atoms with Crippen LogP contribution in [0.3, 0.4) is 0 Å². The van der Waals surface area contributed by atoms with Gasteiger partial charge >= 0.3 is 0 Å². The molecule has 4 nitrogen and oxygen atoms in total. The number of aryl methyl sites for hydroxylation is 1. The van der Waals surface area contributed by atoms with Crippen LogP contribution in [0.2, 0.25) is 5.15 Å². The summed E-state index contributed by atoms with van der Waals surface area (Å²) in [4.78, 5) is 12.7. The summed E-state index contributed by atoms with van der Waals surface area (Å²) < 4.78 is 0. The molecule has 3 aromatic rings. The molecule has 19 heavy (non-hydrogen) atoms. The number of fused-ring (bicyclic) bond motifs is 1. The van der Waals surface area contributed by atoms with Crippen LogP contribution in [0, 0.1) is 6.92 Å². The zero-order chi connectivity index (χ0) is 13.2. The highest BCUT2D eigenvalue weighted by Crippen LogP contribution is 2.25. The van der Waals surface area contributed by atoms with E-state index in [0.29, 0.717) is 16.8 Å². The summed E-state index contributed by atoms with van der Waals surface area (Å²) in [6, 6.07) is 11.5. The Labute approximate surface area is 115 Å². The zero-order valence-corrected chi connectivity index (χ0v) is 11.0. The molecular weight excluding hydrogens is 260 g/mol. The monoisotopic (exact) mass is 270 g/mol. The fraction of sp³-hybridized carbons (Fsp3) is 0.0714. The second kappa shape index (κ2) is 4.82. The summed E-state index contributed by atoms with van der Waals surface area (Å²) in [5.41, 5.74) is 1.88. The van der Waals surface area contributed by atoms with Crippen molar-refractivity contribution in [3.63, 3.8) is 0 Å². The van der Waals surface area contributed by atoms with Gasteiger partial charge in [0.25, 0.3) is 0 Å². The molecule has 0 radical (unpaired) electrons. The molecule has 0 saturated carbocycles. The smallest absolute Gasteiger partial charge is 0.135 e. The van der Waals surface area contributed by atoms with E-state index in [-0.39, 0.29) is 0 Å². The second-order valence-corrected chi connectivity index (χ2v) is 4.51. The van der Waals surface area contributed by atoms with E-state index < -0.39 is 0 Å². The number of rotatable bonds is 2. The Balaban J connectivity index is 2.05. The van der Waals surface area contributed by atoms with Gasteiger partial charge in [-0.2, -0.15) is 0 Å². The average molecular weight is 271 g/mol. The van der Waals surface area contributed by atoms with Gasteiger partial charge in [0, 0.05) is 23.3 Å². The number of benzene rings is 1. The predicted molar refractivity (Wildman–Crippen MR) is 76.8 cm³/mol. The Morgan fingerprint density at radius 2 is 2.00 bits per heavy atom. The molecule has 0 aliphatic heterocycles. The number of nitrogens with zero attached hydrogens (tertiary/aromatic N) is 3. The van der Waals surface area contributed by atoms with Gasteiger partial charge in [0.2, 0.25) is 0 Å². The van der Waals surface area contributed by atoms with Crippen molar-refractivity contribution in [1.29, 1.82) is 0 Å². The Kier molecular flexibility index (Phi) is 3.01. The first-order valence-electron chi connectivity index (χ1n) is 5.84. The molecule has 2 aromatic heterocycles. The lowest BCUT2D eigenvalue weighted by atomic mass is 10.2. The molecule has 0 spiro atoms. The maximum absolute atomic E-state index is 5.93. The largest absolute Gasteiger partial charge is 0.340 e. The molecule has 0 aliphatic rings. The van der Waals surface area contributed by atoms with Crippen LogP contribution in [0.15, 0.2) is 42.6 Å². The summed E-state index contributed by atoms with van der Waals surface area (Å²) in [7, 11) is 0. The van der Waals surface area contributed by atoms with Crippen LogP contribution in [-0.4, -0.2) is 15.0 Å². The minimum Gasteiger partial charge on any atom is -0.340 e. The van der Waals surface area contributed by atoms with Gasteiger partial charge in [-0.05, 0) is 31.2 Å². The SMILES string of the molecule is Cc1nc(Cl)cc(Nc2cccc3ncccc23)n1. The van der Waals surface area contributed by atoms with E-state index in [9.17, 15) is 0 Å². The molecule has 3 rings (SSSR count). The first kappa shape index (κ1) is 11.9. The van der Waals surface area contributed by atoms with Crippen LogP contribution < -0.4 is 5.32 Å². The third-order valence-corrected chi connectivity index (χ3v) is 2.91. The first-order valence-corrected chi connectivity index (χ1v) is 6.22. The van der Waals surface area contributed by atoms with E-state index >= 15 is 0 Å². The van der Waals surface area contributed by atoms with Crippen molar-refractivity contribution >= 4 is 34.0 Å². The molecule has 0 fully saturated rings. The van der Waals surface area contributed by atoms with Crippen LogP contribution >= 0.6 is 11.6 Å². The highest BCUT2D eigenvalue weighted by atomic mass is 35.5. The number of pyridine rings is 1. The molecule has 0 bridgehead atoms. The third kappa shape index (κ3) is 2.48. The van der Waals surface area contributed by atoms with Gasteiger partial charge < -0.3 is 5.32 Å². The molecule has 1 aromatic carbocycles. The van der Waals surface area contributed by atoms with E-state index in [2.05, 4.69) is 20.3 Å². The standard InChI is InChI=1S/C14H11ClN4/c1-9-17-13(15)8-14(18-9)19-12-6-2-5-11-10(12)4-3-7-16-11/h2-8H,1H3,(H,17,18,19). The minimum absolute atomic E-state index is 0.424. The first-order chi connectivity index (χ1) is 9.22. The topological polar surface area (TPSA) is 50.7 Å². The molecule has 0 saturated heterocycles. The lowest BCUT2D eigenvalue weighted by Gasteiger charge is -2.09. The van der Waals surface area contributed by atoms with E-state index in [1.165, 1.54) is 0 Å². The summed E-state index contributed by atoms with van der Waals surface area (Å²) in [6.45, 7) is 1.81. The lowest BCUT2D eigenvalue weighted by molar-refractivity contribution is 1.06. The van der Waals surface area contributed by atoms with E-state index in [1.807, 2.05) is 37.3 Å². The minimum atomic E-state index is 0.424. The average Bonchev–Trinajstić information content (AvgIpc) is 2.38. The highest BCUT2D eigenvalue weighted by molar-refractivity contribution is 6.29. The van der Waals surface area contributed by atoms with Gasteiger partial charge in [-0.25, -0.2) is 9.97 Å². The number of hydrogen-bond acceptors (Lipinski definition) is 4. The molecule has 0 aliphatic carbocycles. The Hall–Kier alpha value is -2.20. The molecule has 0 atom stereocenters. The Morgan fingerprint density at radius 3 is 2.84 bits per heavy atom. The van der Waals surface area contributed by atoms with Gasteiger partial charge in [-0.15, -0.1) is 0 Å². The van der Waals surface area contributed by atoms with Crippen molar-refractivity contribution < 1.29 is 0 Å². The quantitative estimate of drug-likeness (QED) is 0.721. The van der Waals surface area contributed by atoms with Crippen molar-refractivity contribution in [3.8, 4) is 0 Å². The van der Waals surface area contributed by atoms with Gasteiger partial charge in [-0.3, -0.25) is 4.98 Å². The maximum Gasteiger partial charge on any atom is 0.135 e. The van der Waals surface area contributed by atoms with Crippen molar-refractivity contribution in [2.45, 2.75) is 6.92 Å². The Bertz CT molecular complexity index is 717. The molecule has 94 valence electrons. The van der Waals surface area contributed by atoms with Crippen molar-refractivity contribution in [3.05, 3.63) is 53.6 Å².